The molecule has 0 spiro atoms. The highest BCUT2D eigenvalue weighted by molar-refractivity contribution is 5.97. The summed E-state index contributed by atoms with van der Waals surface area (Å²) < 4.78 is 209. The van der Waals surface area contributed by atoms with Crippen LogP contribution in [-0.4, -0.2) is 220 Å². The zero-order valence-electron chi connectivity index (χ0n) is 84.4. The molecule has 14 heterocycles. The van der Waals surface area contributed by atoms with Crippen molar-refractivity contribution in [3.63, 3.8) is 0 Å². The standard InChI is InChI=1S/2C22H25F3N4O2.C22H26F3N3O.C21H23F3N4O2.C20H23F3N4O/c1-14(30)29-12-9-19-17(13-29)20(26-27(19)2)21(31)28-10-7-15(8-11-28)16-5-3-4-6-18(16)22(23,24)25;1-14(30)29-12-9-17-19(13-29)27(2)26-20(17)21(31)28-10-7-15(8-11-28)16-5-3-4-6-18(16)22(23,24)25;1-27-19-10-4-2-3-8-17(19)20(26-27)21(29)28-13-11-15(12-14-28)16-7-5-6-9-18(16)22(23,24)25;1-13(29)28-11-16-18(12-28)26(2)25-19(16)20(30)27-9-7-14(8-10-27)15-5-3-4-6-17(15)21(22,23)24;1-26-17-6-9-24-12-15(17)18(25-26)19(28)27-10-7-13(8-11-27)14-4-2-3-5-16(14)20(21,22)23/h2*3-6,15H,7-13H2,1-2H3;5-7,9,15H,2-4,8,10-14H2,1H3;3-6,14H,7-12H2,1-2H3;2-5,13,24H,6-12H2,1H3. The Morgan fingerprint density at radius 1 is 0.255 bits per heavy atom. The van der Waals surface area contributed by atoms with E-state index in [2.05, 4.69) is 30.8 Å². The molecule has 0 bridgehead atoms. The Morgan fingerprint density at radius 3 is 0.805 bits per heavy atom. The fourth-order valence-electron chi connectivity index (χ4n) is 22.9. The van der Waals surface area contributed by atoms with E-state index in [0.29, 0.717) is 245 Å². The number of aromatic nitrogens is 10. The van der Waals surface area contributed by atoms with Gasteiger partial charge < -0.3 is 44.5 Å². The number of amides is 8. The molecule has 5 aromatic heterocycles. The Hall–Kier alpha value is -13.2. The maximum atomic E-state index is 13.4. The normalized spacial score (nSPS) is 17.8. The molecule has 8 amide bonds. The van der Waals surface area contributed by atoms with Crippen molar-refractivity contribution in [3.05, 3.63) is 262 Å². The number of fused-ring (bicyclic) bond motifs is 5. The van der Waals surface area contributed by atoms with Crippen LogP contribution >= 0.6 is 0 Å². The van der Waals surface area contributed by atoms with Crippen molar-refractivity contribution in [1.29, 1.82) is 0 Å². The van der Waals surface area contributed by atoms with Crippen LogP contribution in [-0.2, 0) is 145 Å². The maximum absolute atomic E-state index is 13.4. The van der Waals surface area contributed by atoms with Gasteiger partial charge in [0.1, 0.15) is 0 Å². The molecule has 798 valence electrons. The lowest BCUT2D eigenvalue weighted by atomic mass is 9.86. The number of hydrogen-bond donors (Lipinski definition) is 1. The predicted octanol–water partition coefficient (Wildman–Crippen LogP) is 17.9. The molecule has 5 aromatic carbocycles. The number of halogens is 15. The third kappa shape index (κ3) is 24.0. The summed E-state index contributed by atoms with van der Waals surface area (Å²) >= 11 is 0. The number of alkyl halides is 15. The van der Waals surface area contributed by atoms with Crippen LogP contribution in [0.5, 0.6) is 0 Å². The largest absolute Gasteiger partial charge is 0.416 e. The summed E-state index contributed by atoms with van der Waals surface area (Å²) in [5.74, 6) is -2.04. The molecule has 1 aliphatic carbocycles. The number of rotatable bonds is 10. The zero-order valence-corrected chi connectivity index (χ0v) is 84.4. The molecule has 149 heavy (non-hydrogen) atoms. The molecule has 0 unspecified atom stereocenters. The number of carbonyl (C=O) groups excluding carboxylic acids is 8. The molecular formula is C107H122F15N19O8. The lowest BCUT2D eigenvalue weighted by Gasteiger charge is -2.33. The van der Waals surface area contributed by atoms with E-state index in [0.717, 1.165) is 132 Å². The number of nitrogens with zero attached hydrogens (tertiary/aromatic N) is 18. The van der Waals surface area contributed by atoms with E-state index in [1.54, 1.807) is 128 Å². The Bertz CT molecular complexity index is 6580. The van der Waals surface area contributed by atoms with Crippen molar-refractivity contribution < 1.29 is 104 Å². The second-order valence-electron chi connectivity index (χ2n) is 40.0. The Balaban J connectivity index is 0.000000133. The number of hydrogen-bond acceptors (Lipinski definition) is 14. The van der Waals surface area contributed by atoms with E-state index < -0.39 is 58.7 Å². The molecule has 27 nitrogen and oxygen atoms in total. The molecule has 42 heteroatoms. The first-order chi connectivity index (χ1) is 70.7. The third-order valence-corrected chi connectivity index (χ3v) is 31.0. The van der Waals surface area contributed by atoms with Gasteiger partial charge in [0, 0.05) is 212 Å². The molecule has 10 aromatic rings. The highest BCUT2D eigenvalue weighted by Gasteiger charge is 2.46. The van der Waals surface area contributed by atoms with E-state index in [1.807, 2.05) is 18.8 Å². The molecule has 5 saturated heterocycles. The van der Waals surface area contributed by atoms with Crippen molar-refractivity contribution in [3.8, 4) is 0 Å². The topological polar surface area (TPSA) is 264 Å². The molecule has 5 fully saturated rings. The zero-order chi connectivity index (χ0) is 107. The van der Waals surface area contributed by atoms with Crippen molar-refractivity contribution in [2.75, 3.05) is 85.1 Å². The smallest absolute Gasteiger partial charge is 0.338 e. The van der Waals surface area contributed by atoms with Crippen LogP contribution in [0.1, 0.15) is 298 Å². The third-order valence-electron chi connectivity index (χ3n) is 31.0. The Kier molecular flexibility index (Phi) is 32.7. The molecule has 20 rings (SSSR count). The summed E-state index contributed by atoms with van der Waals surface area (Å²) in [6, 6.07) is 28.6. The summed E-state index contributed by atoms with van der Waals surface area (Å²) in [6.45, 7) is 12.8. The monoisotopic (exact) mass is 2090 g/mol. The average Bonchev–Trinajstić information content (AvgIpc) is 1.62. The van der Waals surface area contributed by atoms with Crippen LogP contribution in [0.4, 0.5) is 65.9 Å². The van der Waals surface area contributed by atoms with Gasteiger partial charge in [-0.2, -0.15) is 91.3 Å². The van der Waals surface area contributed by atoms with Crippen molar-refractivity contribution in [2.24, 2.45) is 35.2 Å². The first-order valence-electron chi connectivity index (χ1n) is 50.7. The quantitative estimate of drug-likeness (QED) is 0.0986. The summed E-state index contributed by atoms with van der Waals surface area (Å²) in [5.41, 5.74) is 10.1. The lowest BCUT2D eigenvalue weighted by Crippen LogP contribution is -2.40. The SMILES string of the molecule is CC(=O)N1CCc2c(C(=O)N3CCC(c4ccccc4C(F)(F)F)CC3)nn(C)c2C1.CC(=O)N1CCc2c(c(C(=O)N3CCC(c4ccccc4C(F)(F)F)CC3)nn2C)C1.CC(=O)N1Cc2c(C(=O)N3CCC(c4ccccc4C(F)(F)F)CC3)nn(C)c2C1.Cn1nc(C(=O)N2CCC(c3ccccc3C(F)(F)F)CC2)c2c1CCCCC2.Cn1nc(C(=O)N2CCC(c3ccccc3C(F)(F)F)CC2)c2c1CCNC2. The Morgan fingerprint density at radius 2 is 0.490 bits per heavy atom. The summed E-state index contributed by atoms with van der Waals surface area (Å²) in [6.07, 6.45) is -9.74. The second kappa shape index (κ2) is 44.9. The molecule has 1 N–H and O–H groups in total. The fourth-order valence-corrected chi connectivity index (χ4v) is 22.9. The Labute approximate surface area is 852 Å². The minimum Gasteiger partial charge on any atom is -0.338 e. The van der Waals surface area contributed by atoms with Crippen molar-refractivity contribution in [2.45, 2.75) is 230 Å². The molecule has 0 saturated carbocycles. The number of piperidine rings is 5. The van der Waals surface area contributed by atoms with Gasteiger partial charge in [-0.3, -0.25) is 61.8 Å². The maximum Gasteiger partial charge on any atom is 0.416 e. The number of aryl methyl sites for hydroxylation is 5. The highest BCUT2D eigenvalue weighted by atomic mass is 19.4. The van der Waals surface area contributed by atoms with Gasteiger partial charge in [-0.1, -0.05) is 97.4 Å². The minimum absolute atomic E-state index is 0.0130. The molecule has 10 aliphatic rings. The van der Waals surface area contributed by atoms with E-state index in [4.69, 9.17) is 0 Å². The van der Waals surface area contributed by atoms with Crippen molar-refractivity contribution in [1.82, 2.24) is 93.4 Å². The molecule has 0 radical (unpaired) electrons. The van der Waals surface area contributed by atoms with Gasteiger partial charge in [-0.25, -0.2) is 0 Å². The van der Waals surface area contributed by atoms with Gasteiger partial charge >= 0.3 is 30.9 Å². The van der Waals surface area contributed by atoms with Crippen LogP contribution < -0.4 is 5.32 Å². The van der Waals surface area contributed by atoms with Crippen LogP contribution in [0.3, 0.4) is 0 Å². The number of likely N-dealkylation sites (tertiary alicyclic amines) is 5. The van der Waals surface area contributed by atoms with Gasteiger partial charge in [0.25, 0.3) is 29.5 Å². The lowest BCUT2D eigenvalue weighted by molar-refractivity contribution is -0.139. The van der Waals surface area contributed by atoms with Crippen LogP contribution in [0.15, 0.2) is 121 Å². The van der Waals surface area contributed by atoms with E-state index >= 15 is 0 Å². The first kappa shape index (κ1) is 109. The molecule has 0 atom stereocenters. The average molecular weight is 2090 g/mol. The van der Waals surface area contributed by atoms with Crippen molar-refractivity contribution >= 4 is 47.3 Å². The van der Waals surface area contributed by atoms with E-state index in [9.17, 15) is 104 Å². The number of carbonyl (C=O) groups is 8. The predicted molar refractivity (Wildman–Crippen MR) is 519 cm³/mol. The van der Waals surface area contributed by atoms with Crippen LogP contribution in [0.2, 0.25) is 0 Å². The summed E-state index contributed by atoms with van der Waals surface area (Å²) in [5, 5.41) is 25.4. The highest BCUT2D eigenvalue weighted by Crippen LogP contribution is 2.47. The van der Waals surface area contributed by atoms with Gasteiger partial charge in [0.05, 0.1) is 58.8 Å². The van der Waals surface area contributed by atoms with Crippen LogP contribution in [0.25, 0.3) is 0 Å². The second-order valence-corrected chi connectivity index (χ2v) is 40.0. The number of nitrogens with one attached hydrogen (secondary N) is 1. The fraction of sp³-hybridized carbons (Fsp3) is 0.505. The van der Waals surface area contributed by atoms with E-state index in [-0.39, 0.29) is 76.8 Å². The minimum atomic E-state index is -4.39. The van der Waals surface area contributed by atoms with Crippen LogP contribution in [0, 0.1) is 0 Å². The van der Waals surface area contributed by atoms with Gasteiger partial charge in [-0.05, 0) is 184 Å². The van der Waals surface area contributed by atoms with E-state index in [1.165, 1.54) is 63.2 Å². The summed E-state index contributed by atoms with van der Waals surface area (Å²) in [4.78, 5) is 114. The summed E-state index contributed by atoms with van der Waals surface area (Å²) in [7, 11) is 9.04. The first-order valence-corrected chi connectivity index (χ1v) is 50.7. The molecular weight excluding hydrogens is 1960 g/mol. The number of benzene rings is 5. The van der Waals surface area contributed by atoms with Gasteiger partial charge in [-0.15, -0.1) is 0 Å². The van der Waals surface area contributed by atoms with Gasteiger partial charge in [0.15, 0.2) is 28.5 Å². The molecule has 9 aliphatic heterocycles. The van der Waals surface area contributed by atoms with Gasteiger partial charge in [0.2, 0.25) is 17.7 Å².